The van der Waals surface area contributed by atoms with Crippen molar-refractivity contribution in [2.75, 3.05) is 23.9 Å². The van der Waals surface area contributed by atoms with E-state index in [9.17, 15) is 27.6 Å². The average molecular weight is 485 g/mol. The third-order valence-electron chi connectivity index (χ3n) is 4.34. The van der Waals surface area contributed by atoms with Crippen molar-refractivity contribution in [1.82, 2.24) is 9.88 Å². The van der Waals surface area contributed by atoms with Crippen LogP contribution in [-0.2, 0) is 16.1 Å². The van der Waals surface area contributed by atoms with Crippen LogP contribution in [0, 0.1) is 0 Å². The first-order valence-electron chi connectivity index (χ1n) is 9.85. The number of amides is 4. The summed E-state index contributed by atoms with van der Waals surface area (Å²) < 4.78 is 42.3. The molecule has 1 N–H and O–H groups in total. The number of carbonyl (C=O) groups is 3. The molecule has 0 aliphatic carbocycles. The van der Waals surface area contributed by atoms with Crippen molar-refractivity contribution in [1.29, 1.82) is 0 Å². The standard InChI is InChI=1S/C21H23F3N4O4S/c1-4-18(29)28(15-6-8-16(9-7-15)33-21(22,23)24)20(31)27(5-2)13-14-10-11-25-17(12-14)26-19(30)32-3/h6-12H,4-5,13H2,1-3H3,(H,25,26,30). The molecule has 1 aromatic carbocycles. The lowest BCUT2D eigenvalue weighted by atomic mass is 10.2. The normalized spacial score (nSPS) is 11.0. The van der Waals surface area contributed by atoms with Gasteiger partial charge in [0.2, 0.25) is 5.91 Å². The highest BCUT2D eigenvalue weighted by molar-refractivity contribution is 8.00. The quantitative estimate of drug-likeness (QED) is 0.540. The maximum atomic E-state index is 13.2. The Morgan fingerprint density at radius 1 is 1.12 bits per heavy atom. The summed E-state index contributed by atoms with van der Waals surface area (Å²) in [4.78, 5) is 43.5. The number of aromatic nitrogens is 1. The molecule has 0 aliphatic heterocycles. The van der Waals surface area contributed by atoms with Crippen LogP contribution in [0.4, 0.5) is 34.3 Å². The Hall–Kier alpha value is -3.28. The van der Waals surface area contributed by atoms with Crippen molar-refractivity contribution in [2.45, 2.75) is 37.2 Å². The summed E-state index contributed by atoms with van der Waals surface area (Å²) in [6, 6.07) is 7.60. The Kier molecular flexibility index (Phi) is 9.09. The van der Waals surface area contributed by atoms with E-state index in [1.807, 2.05) is 0 Å². The fraction of sp³-hybridized carbons (Fsp3) is 0.333. The van der Waals surface area contributed by atoms with Gasteiger partial charge in [-0.3, -0.25) is 10.1 Å². The number of anilines is 2. The van der Waals surface area contributed by atoms with Gasteiger partial charge in [-0.2, -0.15) is 13.2 Å². The number of imide groups is 1. The molecule has 0 saturated heterocycles. The van der Waals surface area contributed by atoms with Crippen molar-refractivity contribution in [3.05, 3.63) is 48.2 Å². The van der Waals surface area contributed by atoms with Gasteiger partial charge >= 0.3 is 17.6 Å². The Balaban J connectivity index is 2.26. The number of alkyl halides is 3. The molecule has 2 aromatic rings. The van der Waals surface area contributed by atoms with Crippen molar-refractivity contribution < 1.29 is 32.3 Å². The van der Waals surface area contributed by atoms with Gasteiger partial charge in [-0.15, -0.1) is 0 Å². The van der Waals surface area contributed by atoms with E-state index in [-0.39, 0.29) is 47.7 Å². The van der Waals surface area contributed by atoms with E-state index in [2.05, 4.69) is 15.0 Å². The lowest BCUT2D eigenvalue weighted by molar-refractivity contribution is -0.117. The number of pyridine rings is 1. The molecule has 1 heterocycles. The molecule has 12 heteroatoms. The monoisotopic (exact) mass is 484 g/mol. The lowest BCUT2D eigenvalue weighted by Gasteiger charge is -2.29. The van der Waals surface area contributed by atoms with Crippen molar-refractivity contribution in [3.63, 3.8) is 0 Å². The van der Waals surface area contributed by atoms with Crippen LogP contribution in [0.15, 0.2) is 47.5 Å². The molecule has 0 radical (unpaired) electrons. The number of rotatable bonds is 7. The number of benzene rings is 1. The number of nitrogens with one attached hydrogen (secondary N) is 1. The van der Waals surface area contributed by atoms with Gasteiger partial charge in [0.05, 0.1) is 12.8 Å². The molecule has 0 bridgehead atoms. The molecule has 0 atom stereocenters. The summed E-state index contributed by atoms with van der Waals surface area (Å²) in [6.45, 7) is 3.66. The van der Waals surface area contributed by atoms with E-state index in [1.54, 1.807) is 26.0 Å². The molecule has 2 rings (SSSR count). The number of ether oxygens (including phenoxy) is 1. The number of methoxy groups -OCH3 is 1. The van der Waals surface area contributed by atoms with Gasteiger partial charge in [0, 0.05) is 30.6 Å². The van der Waals surface area contributed by atoms with Crippen LogP contribution in [0.2, 0.25) is 0 Å². The minimum Gasteiger partial charge on any atom is -0.453 e. The number of hydrogen-bond donors (Lipinski definition) is 1. The Morgan fingerprint density at radius 2 is 1.79 bits per heavy atom. The van der Waals surface area contributed by atoms with Crippen molar-refractivity contribution in [2.24, 2.45) is 0 Å². The molecule has 178 valence electrons. The summed E-state index contributed by atoms with van der Waals surface area (Å²) in [6.07, 6.45) is 0.769. The molecule has 33 heavy (non-hydrogen) atoms. The van der Waals surface area contributed by atoms with Crippen LogP contribution >= 0.6 is 11.8 Å². The van der Waals surface area contributed by atoms with E-state index in [1.165, 1.54) is 42.5 Å². The van der Waals surface area contributed by atoms with Crippen molar-refractivity contribution >= 4 is 41.3 Å². The first-order valence-corrected chi connectivity index (χ1v) is 10.7. The number of carbonyl (C=O) groups excluding carboxylic acids is 3. The molecule has 0 fully saturated rings. The maximum Gasteiger partial charge on any atom is 0.446 e. The molecular formula is C21H23F3N4O4S. The first kappa shape index (κ1) is 26.0. The van der Waals surface area contributed by atoms with E-state index in [0.717, 1.165) is 4.90 Å². The second kappa shape index (κ2) is 11.5. The van der Waals surface area contributed by atoms with Crippen LogP contribution in [0.25, 0.3) is 0 Å². The van der Waals surface area contributed by atoms with Crippen LogP contribution < -0.4 is 10.2 Å². The zero-order valence-corrected chi connectivity index (χ0v) is 19.0. The summed E-state index contributed by atoms with van der Waals surface area (Å²) in [5.41, 5.74) is -3.64. The van der Waals surface area contributed by atoms with Gasteiger partial charge in [-0.25, -0.2) is 19.5 Å². The largest absolute Gasteiger partial charge is 0.453 e. The van der Waals surface area contributed by atoms with Gasteiger partial charge in [0.15, 0.2) is 0 Å². The predicted molar refractivity (Wildman–Crippen MR) is 118 cm³/mol. The lowest BCUT2D eigenvalue weighted by Crippen LogP contribution is -2.46. The molecule has 0 saturated carbocycles. The van der Waals surface area contributed by atoms with E-state index >= 15 is 0 Å². The third-order valence-corrected chi connectivity index (χ3v) is 5.08. The van der Waals surface area contributed by atoms with Crippen molar-refractivity contribution in [3.8, 4) is 0 Å². The van der Waals surface area contributed by atoms with E-state index in [4.69, 9.17) is 0 Å². The zero-order chi connectivity index (χ0) is 24.6. The van der Waals surface area contributed by atoms with Gasteiger partial charge in [-0.1, -0.05) is 6.92 Å². The third kappa shape index (κ3) is 7.67. The van der Waals surface area contributed by atoms with Gasteiger partial charge in [0.25, 0.3) is 0 Å². The van der Waals surface area contributed by atoms with Crippen LogP contribution in [0.3, 0.4) is 0 Å². The highest BCUT2D eigenvalue weighted by Crippen LogP contribution is 2.37. The van der Waals surface area contributed by atoms with Gasteiger partial charge in [0.1, 0.15) is 5.82 Å². The topological polar surface area (TPSA) is 91.8 Å². The first-order chi connectivity index (χ1) is 15.6. The Labute approximate surface area is 193 Å². The fourth-order valence-electron chi connectivity index (χ4n) is 2.79. The van der Waals surface area contributed by atoms with Gasteiger partial charge in [-0.05, 0) is 60.6 Å². The smallest absolute Gasteiger partial charge is 0.446 e. The molecule has 0 unspecified atom stereocenters. The van der Waals surface area contributed by atoms with E-state index in [0.29, 0.717) is 5.56 Å². The predicted octanol–water partition coefficient (Wildman–Crippen LogP) is 5.26. The number of halogens is 3. The summed E-state index contributed by atoms with van der Waals surface area (Å²) >= 11 is -0.280. The van der Waals surface area contributed by atoms with Crippen LogP contribution in [0.5, 0.6) is 0 Å². The molecule has 4 amide bonds. The average Bonchev–Trinajstić information content (AvgIpc) is 2.77. The number of hydrogen-bond acceptors (Lipinski definition) is 6. The fourth-order valence-corrected chi connectivity index (χ4v) is 3.33. The minimum atomic E-state index is -4.44. The highest BCUT2D eigenvalue weighted by atomic mass is 32.2. The summed E-state index contributed by atoms with van der Waals surface area (Å²) in [5, 5.41) is 2.43. The second-order valence-electron chi connectivity index (χ2n) is 6.59. The SMILES string of the molecule is CCC(=O)N(C(=O)N(CC)Cc1ccnc(NC(=O)OC)c1)c1ccc(SC(F)(F)F)cc1. The van der Waals surface area contributed by atoms with E-state index < -0.39 is 23.5 Å². The van der Waals surface area contributed by atoms with Gasteiger partial charge < -0.3 is 9.64 Å². The molecule has 0 spiro atoms. The Bertz CT molecular complexity index is 986. The molecule has 0 aliphatic rings. The van der Waals surface area contributed by atoms with Crippen LogP contribution in [0.1, 0.15) is 25.8 Å². The summed E-state index contributed by atoms with van der Waals surface area (Å²) in [5.74, 6) is -0.278. The number of thioether (sulfide) groups is 1. The highest BCUT2D eigenvalue weighted by Gasteiger charge is 2.30. The molecular weight excluding hydrogens is 461 g/mol. The maximum absolute atomic E-state index is 13.2. The zero-order valence-electron chi connectivity index (χ0n) is 18.2. The molecule has 1 aromatic heterocycles. The second-order valence-corrected chi connectivity index (χ2v) is 7.73. The molecule has 8 nitrogen and oxygen atoms in total. The number of urea groups is 1. The number of nitrogens with zero attached hydrogens (tertiary/aromatic N) is 3. The minimum absolute atomic E-state index is 0.0187. The van der Waals surface area contributed by atoms with Crippen LogP contribution in [-0.4, -0.2) is 47.1 Å². The Morgan fingerprint density at radius 3 is 2.33 bits per heavy atom. The summed E-state index contributed by atoms with van der Waals surface area (Å²) in [7, 11) is 1.21.